The Morgan fingerprint density at radius 1 is 1.30 bits per heavy atom. The SMILES string of the molecule is CC(CN1CCCCC1)NC(=O)C(C(N)=NO)C(C)C. The van der Waals surface area contributed by atoms with Gasteiger partial charge in [-0.25, -0.2) is 0 Å². The van der Waals surface area contributed by atoms with Crippen LogP contribution in [0.1, 0.15) is 40.0 Å². The predicted molar refractivity (Wildman–Crippen MR) is 79.6 cm³/mol. The van der Waals surface area contributed by atoms with Crippen LogP contribution in [0.2, 0.25) is 0 Å². The van der Waals surface area contributed by atoms with Crippen molar-refractivity contribution in [2.45, 2.75) is 46.1 Å². The summed E-state index contributed by atoms with van der Waals surface area (Å²) in [6, 6.07) is 0.0633. The lowest BCUT2D eigenvalue weighted by molar-refractivity contribution is -0.124. The van der Waals surface area contributed by atoms with E-state index in [0.717, 1.165) is 19.6 Å². The molecule has 1 aliphatic rings. The van der Waals surface area contributed by atoms with Gasteiger partial charge in [-0.1, -0.05) is 25.4 Å². The van der Waals surface area contributed by atoms with Crippen LogP contribution in [0, 0.1) is 11.8 Å². The third-order valence-corrected chi connectivity index (χ3v) is 3.75. The number of oxime groups is 1. The largest absolute Gasteiger partial charge is 0.409 e. The molecule has 1 saturated heterocycles. The van der Waals surface area contributed by atoms with Gasteiger partial charge in [-0.3, -0.25) is 4.79 Å². The molecule has 2 unspecified atom stereocenters. The van der Waals surface area contributed by atoms with Crippen LogP contribution in [0.5, 0.6) is 0 Å². The van der Waals surface area contributed by atoms with Crippen molar-refractivity contribution < 1.29 is 10.0 Å². The Bertz CT molecular complexity index is 338. The highest BCUT2D eigenvalue weighted by atomic mass is 16.4. The molecule has 4 N–H and O–H groups in total. The molecule has 1 aliphatic heterocycles. The number of hydrogen-bond acceptors (Lipinski definition) is 4. The Balaban J connectivity index is 2.50. The van der Waals surface area contributed by atoms with Crippen LogP contribution in [0.25, 0.3) is 0 Å². The first-order valence-corrected chi connectivity index (χ1v) is 7.45. The van der Waals surface area contributed by atoms with Crippen LogP contribution < -0.4 is 11.1 Å². The number of piperidine rings is 1. The number of nitrogens with zero attached hydrogens (tertiary/aromatic N) is 2. The van der Waals surface area contributed by atoms with Crippen LogP contribution >= 0.6 is 0 Å². The van der Waals surface area contributed by atoms with Gasteiger partial charge in [0.25, 0.3) is 0 Å². The summed E-state index contributed by atoms with van der Waals surface area (Å²) in [5, 5.41) is 14.7. The van der Waals surface area contributed by atoms with E-state index in [-0.39, 0.29) is 23.7 Å². The number of nitrogens with one attached hydrogen (secondary N) is 1. The highest BCUT2D eigenvalue weighted by Gasteiger charge is 2.28. The van der Waals surface area contributed by atoms with Crippen LogP contribution in [-0.4, -0.2) is 47.5 Å². The normalized spacial score (nSPS) is 20.7. The van der Waals surface area contributed by atoms with Gasteiger partial charge < -0.3 is 21.2 Å². The summed E-state index contributed by atoms with van der Waals surface area (Å²) in [4.78, 5) is 14.6. The summed E-state index contributed by atoms with van der Waals surface area (Å²) in [5.41, 5.74) is 5.61. The zero-order valence-corrected chi connectivity index (χ0v) is 12.8. The second-order valence-corrected chi connectivity index (χ2v) is 6.02. The number of hydrogen-bond donors (Lipinski definition) is 3. The monoisotopic (exact) mass is 284 g/mol. The molecule has 0 radical (unpaired) electrons. The van der Waals surface area contributed by atoms with Crippen molar-refractivity contribution in [2.24, 2.45) is 22.7 Å². The summed E-state index contributed by atoms with van der Waals surface area (Å²) in [7, 11) is 0. The van der Waals surface area contributed by atoms with Crippen LogP contribution in [0.4, 0.5) is 0 Å². The lowest BCUT2D eigenvalue weighted by Gasteiger charge is -2.30. The van der Waals surface area contributed by atoms with Crippen molar-refractivity contribution >= 4 is 11.7 Å². The fraction of sp³-hybridized carbons (Fsp3) is 0.857. The van der Waals surface area contributed by atoms with E-state index in [1.807, 2.05) is 20.8 Å². The Kier molecular flexibility index (Phi) is 6.78. The van der Waals surface area contributed by atoms with Gasteiger partial charge in [-0.05, 0) is 38.8 Å². The lowest BCUT2D eigenvalue weighted by Crippen LogP contribution is -2.49. The molecule has 1 amide bonds. The molecule has 1 heterocycles. The van der Waals surface area contributed by atoms with Gasteiger partial charge in [0, 0.05) is 12.6 Å². The molecule has 2 atom stereocenters. The van der Waals surface area contributed by atoms with Crippen LogP contribution in [0.15, 0.2) is 5.16 Å². The molecule has 1 fully saturated rings. The highest BCUT2D eigenvalue weighted by molar-refractivity contribution is 6.02. The summed E-state index contributed by atoms with van der Waals surface area (Å²) in [6.45, 7) is 8.83. The van der Waals surface area contributed by atoms with Crippen LogP contribution in [-0.2, 0) is 4.79 Å². The Morgan fingerprint density at radius 2 is 1.90 bits per heavy atom. The van der Waals surface area contributed by atoms with E-state index >= 15 is 0 Å². The van der Waals surface area contributed by atoms with E-state index in [1.165, 1.54) is 19.3 Å². The number of carbonyl (C=O) groups excluding carboxylic acids is 1. The molecule has 0 bridgehead atoms. The third kappa shape index (κ3) is 5.00. The molecular formula is C14H28N4O2. The van der Waals surface area contributed by atoms with Crippen molar-refractivity contribution in [3.63, 3.8) is 0 Å². The topological polar surface area (TPSA) is 91.0 Å². The van der Waals surface area contributed by atoms with Crippen molar-refractivity contribution in [1.29, 1.82) is 0 Å². The standard InChI is InChI=1S/C14H28N4O2/c1-10(2)12(13(15)17-20)14(19)16-11(3)9-18-7-5-4-6-8-18/h10-12,20H,4-9H2,1-3H3,(H2,15,17)(H,16,19). The molecule has 6 nitrogen and oxygen atoms in total. The molecule has 1 rings (SSSR count). The van der Waals surface area contributed by atoms with Crippen molar-refractivity contribution in [2.75, 3.05) is 19.6 Å². The van der Waals surface area contributed by atoms with Gasteiger partial charge in [-0.2, -0.15) is 0 Å². The average molecular weight is 284 g/mol. The van der Waals surface area contributed by atoms with E-state index in [9.17, 15) is 4.79 Å². The van der Waals surface area contributed by atoms with Crippen molar-refractivity contribution in [3.05, 3.63) is 0 Å². The van der Waals surface area contributed by atoms with E-state index < -0.39 is 5.92 Å². The second kappa shape index (κ2) is 8.09. The number of amidine groups is 1. The predicted octanol–water partition coefficient (Wildman–Crippen LogP) is 0.996. The van der Waals surface area contributed by atoms with E-state index in [0.29, 0.717) is 0 Å². The minimum absolute atomic E-state index is 0.00640. The van der Waals surface area contributed by atoms with Gasteiger partial charge in [0.05, 0.1) is 0 Å². The van der Waals surface area contributed by atoms with Crippen LogP contribution in [0.3, 0.4) is 0 Å². The smallest absolute Gasteiger partial charge is 0.231 e. The Labute approximate surface area is 121 Å². The molecule has 0 spiro atoms. The molecular weight excluding hydrogens is 256 g/mol. The van der Waals surface area contributed by atoms with Gasteiger partial charge in [0.2, 0.25) is 5.91 Å². The molecule has 0 aliphatic carbocycles. The number of carbonyl (C=O) groups is 1. The fourth-order valence-corrected chi connectivity index (χ4v) is 2.75. The molecule has 20 heavy (non-hydrogen) atoms. The maximum absolute atomic E-state index is 12.2. The minimum Gasteiger partial charge on any atom is -0.409 e. The first-order valence-electron chi connectivity index (χ1n) is 7.45. The number of likely N-dealkylation sites (tertiary alicyclic amines) is 1. The Hall–Kier alpha value is -1.30. The average Bonchev–Trinajstić information content (AvgIpc) is 2.38. The zero-order valence-electron chi connectivity index (χ0n) is 12.8. The maximum atomic E-state index is 12.2. The van der Waals surface area contributed by atoms with Gasteiger partial charge in [0.15, 0.2) is 5.84 Å². The van der Waals surface area contributed by atoms with Gasteiger partial charge in [-0.15, -0.1) is 0 Å². The summed E-state index contributed by atoms with van der Waals surface area (Å²) in [5.74, 6) is -0.778. The number of nitrogens with two attached hydrogens (primary N) is 1. The van der Waals surface area contributed by atoms with Crippen molar-refractivity contribution in [1.82, 2.24) is 10.2 Å². The molecule has 0 aromatic carbocycles. The Morgan fingerprint density at radius 3 is 2.40 bits per heavy atom. The number of amides is 1. The molecule has 6 heteroatoms. The molecule has 0 saturated carbocycles. The molecule has 0 aromatic heterocycles. The first kappa shape index (κ1) is 16.8. The van der Waals surface area contributed by atoms with E-state index in [1.54, 1.807) is 0 Å². The maximum Gasteiger partial charge on any atom is 0.231 e. The fourth-order valence-electron chi connectivity index (χ4n) is 2.75. The van der Waals surface area contributed by atoms with Crippen molar-refractivity contribution in [3.8, 4) is 0 Å². The summed E-state index contributed by atoms with van der Waals surface area (Å²) in [6.07, 6.45) is 3.77. The third-order valence-electron chi connectivity index (χ3n) is 3.75. The van der Waals surface area contributed by atoms with Gasteiger partial charge in [0.1, 0.15) is 5.92 Å². The highest BCUT2D eigenvalue weighted by Crippen LogP contribution is 2.12. The second-order valence-electron chi connectivity index (χ2n) is 6.02. The number of rotatable bonds is 6. The quantitative estimate of drug-likeness (QED) is 0.294. The van der Waals surface area contributed by atoms with E-state index in [4.69, 9.17) is 10.9 Å². The summed E-state index contributed by atoms with van der Waals surface area (Å²) >= 11 is 0. The van der Waals surface area contributed by atoms with E-state index in [2.05, 4.69) is 15.4 Å². The molecule has 116 valence electrons. The summed E-state index contributed by atoms with van der Waals surface area (Å²) < 4.78 is 0. The zero-order chi connectivity index (χ0) is 15.1. The van der Waals surface area contributed by atoms with Gasteiger partial charge >= 0.3 is 0 Å². The minimum atomic E-state index is -0.580. The first-order chi connectivity index (χ1) is 9.45. The molecule has 0 aromatic rings. The lowest BCUT2D eigenvalue weighted by atomic mass is 9.93.